The summed E-state index contributed by atoms with van der Waals surface area (Å²) in [5.74, 6) is 0.779. The first-order valence-electron chi connectivity index (χ1n) is 28.1. The van der Waals surface area contributed by atoms with Crippen LogP contribution in [0.25, 0.3) is 0 Å². The first-order chi connectivity index (χ1) is 34.5. The third-order valence-corrected chi connectivity index (χ3v) is 16.5. The maximum Gasteiger partial charge on any atom is 2.00 e. The molecule has 0 radical (unpaired) electrons. The Labute approximate surface area is 511 Å². The molecule has 4 aliphatic rings. The van der Waals surface area contributed by atoms with Gasteiger partial charge in [0, 0.05) is 74.7 Å². The number of H-pyrrole nitrogens is 1. The van der Waals surface area contributed by atoms with Gasteiger partial charge in [-0.2, -0.15) is 24.6 Å². The minimum atomic E-state index is -0.134. The molecule has 2 aromatic heterocycles. The van der Waals surface area contributed by atoms with Crippen LogP contribution in [0.5, 0.6) is 11.5 Å². The number of quaternary nitrogens is 2. The zero-order chi connectivity index (χ0) is 52.7. The van der Waals surface area contributed by atoms with Gasteiger partial charge in [-0.15, -0.1) is 12.1 Å². The molecular formula is C65H95Cl2Mg2N6O2+3. The van der Waals surface area contributed by atoms with Crippen molar-refractivity contribution in [3.8, 4) is 11.5 Å². The Morgan fingerprint density at radius 2 is 1.10 bits per heavy atom. The summed E-state index contributed by atoms with van der Waals surface area (Å²) in [7, 11) is 0. The number of nitrogens with zero attached hydrogens (tertiary/aromatic N) is 3. The van der Waals surface area contributed by atoms with Gasteiger partial charge in [0.25, 0.3) is 0 Å². The Morgan fingerprint density at radius 1 is 0.597 bits per heavy atom. The molecule has 4 saturated heterocycles. The summed E-state index contributed by atoms with van der Waals surface area (Å²) in [5.41, 5.74) is 10.2. The van der Waals surface area contributed by atoms with E-state index in [1.165, 1.54) is 87.0 Å². The normalized spacial score (nSPS) is 21.8. The maximum atomic E-state index is 13.6. The summed E-state index contributed by atoms with van der Waals surface area (Å²) < 4.78 is 0. The molecule has 77 heavy (non-hydrogen) atoms. The average molecular weight is 1110 g/mol. The molecule has 9 rings (SSSR count). The fraction of sp³-hybridized carbons (Fsp3) is 0.554. The number of phenolic OH excluding ortho intramolecular Hbond substituents is 1. The van der Waals surface area contributed by atoms with Crippen molar-refractivity contribution in [3.05, 3.63) is 161 Å². The number of aromatic amines is 1. The van der Waals surface area contributed by atoms with Crippen molar-refractivity contribution in [2.24, 2.45) is 0 Å². The molecule has 0 saturated carbocycles. The molecule has 4 fully saturated rings. The first kappa shape index (κ1) is 68.7. The van der Waals surface area contributed by atoms with Gasteiger partial charge in [-0.05, 0) is 106 Å². The van der Waals surface area contributed by atoms with Gasteiger partial charge in [0.2, 0.25) is 5.69 Å². The summed E-state index contributed by atoms with van der Waals surface area (Å²) in [5, 5.41) is 24.9. The summed E-state index contributed by atoms with van der Waals surface area (Å²) >= 11 is 0. The minimum absolute atomic E-state index is 0. The standard InChI is InChI=1S/2C29H43N3O.C7H7.2ClH.2Mg/c2*1-28(2,3)22-17-21(27(33)24(18-22)29(4,5)6)19-31-15-9-12-25(31)26-13-10-16-32(26)20-23-11-7-8-14-30-23;1-7-5-3-2-4-6-7;;;;/h2*7-8,11,14,17-18,25-26,33H,9-10,12-13,15-16,19-20H2,1-6H3;2-6H,1H2;2*1H;;/q;;-1;;;2*+2. The van der Waals surface area contributed by atoms with Crippen molar-refractivity contribution in [3.63, 3.8) is 0 Å². The predicted octanol–water partition coefficient (Wildman–Crippen LogP) is 3.09. The van der Waals surface area contributed by atoms with Crippen LogP contribution in [0.15, 0.2) is 103 Å². The van der Waals surface area contributed by atoms with Crippen LogP contribution in [0, 0.1) is 6.92 Å². The third-order valence-electron chi connectivity index (χ3n) is 16.5. The average Bonchev–Trinajstić information content (AvgIpc) is 4.17. The van der Waals surface area contributed by atoms with Gasteiger partial charge in [0.1, 0.15) is 24.4 Å². The van der Waals surface area contributed by atoms with Crippen LogP contribution in [-0.2, 0) is 47.8 Å². The summed E-state index contributed by atoms with van der Waals surface area (Å²) in [6.45, 7) is 38.9. The number of aromatic nitrogens is 2. The van der Waals surface area contributed by atoms with E-state index in [0.717, 1.165) is 67.1 Å². The van der Waals surface area contributed by atoms with Crippen molar-refractivity contribution in [1.29, 1.82) is 0 Å². The summed E-state index contributed by atoms with van der Waals surface area (Å²) in [4.78, 5) is 16.7. The molecule has 6 atom stereocenters. The number of pyridine rings is 2. The maximum absolute atomic E-state index is 13.6. The molecule has 0 bridgehead atoms. The van der Waals surface area contributed by atoms with Crippen LogP contribution in [0.2, 0.25) is 0 Å². The smallest absolute Gasteiger partial charge is 1.00 e. The van der Waals surface area contributed by atoms with Crippen LogP contribution in [-0.4, -0.2) is 116 Å². The Morgan fingerprint density at radius 3 is 1.58 bits per heavy atom. The minimum Gasteiger partial charge on any atom is -1.00 e. The van der Waals surface area contributed by atoms with E-state index in [1.54, 1.807) is 9.80 Å². The van der Waals surface area contributed by atoms with Gasteiger partial charge < -0.3 is 44.8 Å². The van der Waals surface area contributed by atoms with E-state index in [2.05, 4.69) is 164 Å². The molecule has 6 unspecified atom stereocenters. The molecule has 0 aliphatic carbocycles. The van der Waals surface area contributed by atoms with Gasteiger partial charge in [0.15, 0.2) is 12.7 Å². The second kappa shape index (κ2) is 29.9. The number of likely N-dealkylation sites (tertiary alicyclic amines) is 4. The van der Waals surface area contributed by atoms with Crippen molar-refractivity contribution in [1.82, 2.24) is 14.8 Å². The van der Waals surface area contributed by atoms with E-state index in [9.17, 15) is 10.2 Å². The number of benzene rings is 3. The molecule has 4 aliphatic heterocycles. The molecule has 0 spiro atoms. The van der Waals surface area contributed by atoms with Crippen molar-refractivity contribution >= 4 is 46.1 Å². The monoisotopic (exact) mass is 1110 g/mol. The molecule has 4 N–H and O–H groups in total. The number of phenols is 1. The Bertz CT molecular complexity index is 2370. The number of rotatable bonds is 10. The SMILES string of the molecule is CC(C)(C)c1cc(CN2CCCC2C2CCCN2Cc2ccccn2)c(O)c(C(C)(C)C)c1.CC(C)(C)c1cc(C[NH+]2CCCC2C2CCC[NH+]2Cc2cccc[nH+]2)c([O-])c(C(C)(C)C)c1.[CH2-]c1ccccc1.[Cl-].[Cl-].[Mg+2].[Mg+2]. The number of nitrogens with one attached hydrogen (secondary N) is 3. The van der Waals surface area contributed by atoms with Crippen LogP contribution in [0.3, 0.4) is 0 Å². The van der Waals surface area contributed by atoms with Crippen molar-refractivity contribution in [2.45, 2.75) is 206 Å². The van der Waals surface area contributed by atoms with Gasteiger partial charge in [-0.25, -0.2) is 4.98 Å². The molecule has 412 valence electrons. The Hall–Kier alpha value is -2.62. The van der Waals surface area contributed by atoms with E-state index in [0.29, 0.717) is 29.9 Å². The van der Waals surface area contributed by atoms with Crippen LogP contribution >= 0.6 is 0 Å². The van der Waals surface area contributed by atoms with Crippen LogP contribution < -0.4 is 44.7 Å². The second-order valence-corrected chi connectivity index (χ2v) is 26.3. The second-order valence-electron chi connectivity index (χ2n) is 26.3. The summed E-state index contributed by atoms with van der Waals surface area (Å²) in [6.07, 6.45) is 14.2. The van der Waals surface area contributed by atoms with Gasteiger partial charge >= 0.3 is 46.1 Å². The van der Waals surface area contributed by atoms with Crippen LogP contribution in [0.4, 0.5) is 0 Å². The zero-order valence-corrected chi connectivity index (χ0v) is 53.9. The van der Waals surface area contributed by atoms with Gasteiger partial charge in [-0.3, -0.25) is 14.8 Å². The van der Waals surface area contributed by atoms with Gasteiger partial charge in [-0.1, -0.05) is 125 Å². The Kier molecular flexibility index (Phi) is 26.7. The van der Waals surface area contributed by atoms with Crippen molar-refractivity contribution in [2.75, 3.05) is 26.2 Å². The largest absolute Gasteiger partial charge is 2.00 e. The molecule has 0 amide bonds. The first-order valence-corrected chi connectivity index (χ1v) is 28.1. The zero-order valence-electron chi connectivity index (χ0n) is 49.5. The molecule has 12 heteroatoms. The fourth-order valence-corrected chi connectivity index (χ4v) is 12.3. The molecular weight excluding hydrogens is 1020 g/mol. The molecule has 3 aromatic carbocycles. The number of hydrogen-bond donors (Lipinski definition) is 3. The van der Waals surface area contributed by atoms with E-state index in [-0.39, 0.29) is 98.3 Å². The van der Waals surface area contributed by atoms with Gasteiger partial charge in [0.05, 0.1) is 18.8 Å². The molecule has 8 nitrogen and oxygen atoms in total. The van der Waals surface area contributed by atoms with E-state index < -0.39 is 0 Å². The third kappa shape index (κ3) is 18.7. The fourth-order valence-electron chi connectivity index (χ4n) is 12.3. The number of hydrogen-bond acceptors (Lipinski definition) is 5. The topological polar surface area (TPSA) is 85.7 Å². The molecule has 5 aromatic rings. The Balaban J connectivity index is 0.000000343. The van der Waals surface area contributed by atoms with E-state index >= 15 is 0 Å². The van der Waals surface area contributed by atoms with E-state index in [4.69, 9.17) is 0 Å². The van der Waals surface area contributed by atoms with Crippen LogP contribution in [0.1, 0.15) is 185 Å². The number of aromatic hydroxyl groups is 1. The molecule has 6 heterocycles. The predicted molar refractivity (Wildman–Crippen MR) is 310 cm³/mol. The summed E-state index contributed by atoms with van der Waals surface area (Å²) in [6, 6.07) is 33.9. The number of halogens is 2. The van der Waals surface area contributed by atoms with E-state index in [1.807, 2.05) is 48.8 Å². The quantitative estimate of drug-likeness (QED) is 0.148. The van der Waals surface area contributed by atoms with Crippen molar-refractivity contribution < 1.29 is 49.8 Å².